The maximum Gasteiger partial charge on any atom is 0.261 e. The molecule has 0 unspecified atom stereocenters. The maximum absolute atomic E-state index is 11.7. The molecule has 1 heterocycles. The lowest BCUT2D eigenvalue weighted by Crippen LogP contribution is -2.24. The summed E-state index contributed by atoms with van der Waals surface area (Å²) < 4.78 is 27.3. The first-order chi connectivity index (χ1) is 7.34. The number of hydrogen-bond acceptors (Lipinski definition) is 3. The highest BCUT2D eigenvalue weighted by molar-refractivity contribution is 7.89. The van der Waals surface area contributed by atoms with E-state index in [-0.39, 0.29) is 16.7 Å². The highest BCUT2D eigenvalue weighted by Gasteiger charge is 2.21. The van der Waals surface area contributed by atoms with Crippen LogP contribution >= 0.6 is 11.6 Å². The lowest BCUT2D eigenvalue weighted by molar-refractivity contribution is 0.582. The van der Waals surface area contributed by atoms with E-state index in [1.807, 2.05) is 13.8 Å². The Morgan fingerprint density at radius 1 is 1.62 bits per heavy atom. The Balaban J connectivity index is 2.87. The van der Waals surface area contributed by atoms with Crippen molar-refractivity contribution in [2.45, 2.75) is 18.9 Å². The Bertz CT molecular complexity index is 501. The van der Waals surface area contributed by atoms with Crippen molar-refractivity contribution >= 4 is 21.6 Å². The summed E-state index contributed by atoms with van der Waals surface area (Å²) in [7, 11) is -1.99. The Labute approximate surface area is 100 Å². The lowest BCUT2D eigenvalue weighted by atomic mass is 10.3. The summed E-state index contributed by atoms with van der Waals surface area (Å²) in [4.78, 5) is 3.74. The number of nitrogens with zero attached hydrogens (tertiary/aromatic N) is 2. The fourth-order valence-electron chi connectivity index (χ4n) is 0.998. The fourth-order valence-corrected chi connectivity index (χ4v) is 2.39. The van der Waals surface area contributed by atoms with Crippen molar-refractivity contribution in [2.24, 2.45) is 7.05 Å². The van der Waals surface area contributed by atoms with Gasteiger partial charge in [-0.1, -0.05) is 23.3 Å². The van der Waals surface area contributed by atoms with Crippen LogP contribution in [0, 0.1) is 0 Å². The summed E-state index contributed by atoms with van der Waals surface area (Å²) in [5, 5.41) is -0.0384. The Morgan fingerprint density at radius 3 is 2.69 bits per heavy atom. The number of halogens is 1. The lowest BCUT2D eigenvalue weighted by Gasteiger charge is -2.02. The summed E-state index contributed by atoms with van der Waals surface area (Å²) in [6.07, 6.45) is 3.13. The molecule has 0 aliphatic rings. The molecule has 0 saturated heterocycles. The van der Waals surface area contributed by atoms with Gasteiger partial charge in [0.05, 0.1) is 6.33 Å². The Morgan fingerprint density at radius 2 is 2.25 bits per heavy atom. The van der Waals surface area contributed by atoms with Gasteiger partial charge in [-0.15, -0.1) is 0 Å². The van der Waals surface area contributed by atoms with E-state index < -0.39 is 10.0 Å². The second kappa shape index (κ2) is 4.99. The van der Waals surface area contributed by atoms with E-state index in [0.717, 1.165) is 5.57 Å². The van der Waals surface area contributed by atoms with Crippen molar-refractivity contribution < 1.29 is 8.42 Å². The van der Waals surface area contributed by atoms with E-state index in [0.29, 0.717) is 0 Å². The third-order valence-electron chi connectivity index (χ3n) is 1.87. The van der Waals surface area contributed by atoms with Crippen LogP contribution in [-0.4, -0.2) is 24.5 Å². The van der Waals surface area contributed by atoms with Gasteiger partial charge in [-0.25, -0.2) is 18.1 Å². The van der Waals surface area contributed by atoms with Gasteiger partial charge in [0.25, 0.3) is 10.0 Å². The van der Waals surface area contributed by atoms with Gasteiger partial charge in [0.1, 0.15) is 5.15 Å². The predicted octanol–water partition coefficient (Wildman–Crippen LogP) is 1.32. The van der Waals surface area contributed by atoms with Crippen LogP contribution in [0.2, 0.25) is 5.15 Å². The summed E-state index contributed by atoms with van der Waals surface area (Å²) in [5.41, 5.74) is 1.04. The fraction of sp³-hybridized carbons (Fsp3) is 0.444. The molecule has 0 atom stereocenters. The average molecular weight is 264 g/mol. The minimum Gasteiger partial charge on any atom is -0.324 e. The summed E-state index contributed by atoms with van der Waals surface area (Å²) in [6.45, 7) is 4.02. The van der Waals surface area contributed by atoms with Gasteiger partial charge in [-0.3, -0.25) is 0 Å². The zero-order valence-electron chi connectivity index (χ0n) is 9.36. The molecular formula is C9H14ClN3O2S. The largest absolute Gasteiger partial charge is 0.324 e. The minimum absolute atomic E-state index is 0.102. The number of sulfonamides is 1. The van der Waals surface area contributed by atoms with Crippen molar-refractivity contribution in [1.82, 2.24) is 14.3 Å². The van der Waals surface area contributed by atoms with E-state index in [1.54, 1.807) is 13.1 Å². The van der Waals surface area contributed by atoms with Gasteiger partial charge in [0.2, 0.25) is 5.03 Å². The second-order valence-electron chi connectivity index (χ2n) is 3.58. The van der Waals surface area contributed by atoms with Crippen molar-refractivity contribution in [3.8, 4) is 0 Å². The quantitative estimate of drug-likeness (QED) is 0.834. The average Bonchev–Trinajstić information content (AvgIpc) is 2.47. The number of nitrogens with one attached hydrogen (secondary N) is 1. The van der Waals surface area contributed by atoms with E-state index in [1.165, 1.54) is 10.9 Å². The third-order valence-corrected chi connectivity index (χ3v) is 3.78. The normalized spacial score (nSPS) is 11.5. The molecule has 16 heavy (non-hydrogen) atoms. The summed E-state index contributed by atoms with van der Waals surface area (Å²) in [6, 6.07) is 0. The van der Waals surface area contributed by atoms with Crippen molar-refractivity contribution in [1.29, 1.82) is 0 Å². The first kappa shape index (κ1) is 13.2. The van der Waals surface area contributed by atoms with Gasteiger partial charge in [0.15, 0.2) is 0 Å². The van der Waals surface area contributed by atoms with E-state index >= 15 is 0 Å². The third kappa shape index (κ3) is 3.07. The van der Waals surface area contributed by atoms with E-state index in [4.69, 9.17) is 11.6 Å². The Hall–Kier alpha value is -0.850. The summed E-state index contributed by atoms with van der Waals surface area (Å²) in [5.74, 6) is 0. The van der Waals surface area contributed by atoms with Crippen LogP contribution in [0.5, 0.6) is 0 Å². The van der Waals surface area contributed by atoms with Crippen molar-refractivity contribution in [3.63, 3.8) is 0 Å². The zero-order valence-corrected chi connectivity index (χ0v) is 10.9. The number of imidazole rings is 1. The molecule has 5 nitrogen and oxygen atoms in total. The molecule has 0 amide bonds. The molecule has 1 aromatic rings. The molecule has 0 aromatic carbocycles. The minimum atomic E-state index is -3.62. The Kier molecular flexibility index (Phi) is 4.12. The summed E-state index contributed by atoms with van der Waals surface area (Å²) >= 11 is 5.80. The molecule has 0 spiro atoms. The van der Waals surface area contributed by atoms with Crippen molar-refractivity contribution in [2.75, 3.05) is 6.54 Å². The van der Waals surface area contributed by atoms with Crippen molar-refractivity contribution in [3.05, 3.63) is 23.1 Å². The van der Waals surface area contributed by atoms with E-state index in [9.17, 15) is 8.42 Å². The second-order valence-corrected chi connectivity index (χ2v) is 5.63. The highest BCUT2D eigenvalue weighted by Crippen LogP contribution is 2.17. The molecule has 0 radical (unpaired) electrons. The number of aryl methyl sites for hydroxylation is 1. The molecule has 0 saturated carbocycles. The van der Waals surface area contributed by atoms with Crippen LogP contribution in [0.4, 0.5) is 0 Å². The molecule has 0 aliphatic carbocycles. The molecule has 90 valence electrons. The number of rotatable bonds is 4. The topological polar surface area (TPSA) is 64.0 Å². The van der Waals surface area contributed by atoms with Crippen LogP contribution in [0.15, 0.2) is 23.0 Å². The monoisotopic (exact) mass is 263 g/mol. The van der Waals surface area contributed by atoms with Gasteiger partial charge in [0, 0.05) is 13.6 Å². The smallest absolute Gasteiger partial charge is 0.261 e. The first-order valence-electron chi connectivity index (χ1n) is 4.64. The standard InChI is InChI=1S/C9H14ClN3O2S/c1-7(2)4-5-12-16(14,15)9-8(10)13(3)6-11-9/h4,6,12H,5H2,1-3H3. The molecule has 7 heteroatoms. The maximum atomic E-state index is 11.7. The zero-order chi connectivity index (χ0) is 12.3. The van der Waals surface area contributed by atoms with Crippen LogP contribution in [0.3, 0.4) is 0 Å². The SMILES string of the molecule is CC(C)=CCNS(=O)(=O)c1ncn(C)c1Cl. The molecule has 0 bridgehead atoms. The van der Waals surface area contributed by atoms with Gasteiger partial charge < -0.3 is 4.57 Å². The number of hydrogen-bond donors (Lipinski definition) is 1. The molecule has 0 aliphatic heterocycles. The van der Waals surface area contributed by atoms with Crippen LogP contribution in [0.25, 0.3) is 0 Å². The molecule has 1 rings (SSSR count). The van der Waals surface area contributed by atoms with Crippen LogP contribution in [0.1, 0.15) is 13.8 Å². The van der Waals surface area contributed by atoms with Crippen LogP contribution in [-0.2, 0) is 17.1 Å². The van der Waals surface area contributed by atoms with E-state index in [2.05, 4.69) is 9.71 Å². The first-order valence-corrected chi connectivity index (χ1v) is 6.50. The van der Waals surface area contributed by atoms with Gasteiger partial charge >= 0.3 is 0 Å². The van der Waals surface area contributed by atoms with Crippen LogP contribution < -0.4 is 4.72 Å². The van der Waals surface area contributed by atoms with Gasteiger partial charge in [-0.2, -0.15) is 0 Å². The number of aromatic nitrogens is 2. The molecular weight excluding hydrogens is 250 g/mol. The molecule has 0 fully saturated rings. The molecule has 1 N–H and O–H groups in total. The molecule has 1 aromatic heterocycles. The highest BCUT2D eigenvalue weighted by atomic mass is 35.5. The predicted molar refractivity (Wildman–Crippen MR) is 62.8 cm³/mol. The van der Waals surface area contributed by atoms with Gasteiger partial charge in [-0.05, 0) is 13.8 Å². The number of allylic oxidation sites excluding steroid dienone is 1.